The van der Waals surface area contributed by atoms with E-state index in [2.05, 4.69) is 10.5 Å². The van der Waals surface area contributed by atoms with Crippen molar-refractivity contribution in [3.05, 3.63) is 64.7 Å². The molecule has 2 aromatic rings. The summed E-state index contributed by atoms with van der Waals surface area (Å²) in [4.78, 5) is 17.2. The molecule has 2 rings (SSSR count). The fraction of sp³-hybridized carbons (Fsp3) is 0.118. The van der Waals surface area contributed by atoms with Crippen LogP contribution in [0.2, 0.25) is 5.02 Å². The third kappa shape index (κ3) is 4.73. The first-order chi connectivity index (χ1) is 11.5. The number of halogens is 1. The van der Waals surface area contributed by atoms with Gasteiger partial charge < -0.3 is 15.9 Å². The van der Waals surface area contributed by atoms with Crippen LogP contribution in [0.25, 0.3) is 0 Å². The van der Waals surface area contributed by atoms with Gasteiger partial charge in [0.25, 0.3) is 5.91 Å². The second-order valence-corrected chi connectivity index (χ2v) is 5.35. The monoisotopic (exact) mass is 342 g/mol. The van der Waals surface area contributed by atoms with E-state index in [0.717, 1.165) is 0 Å². The quantitative estimate of drug-likeness (QED) is 0.495. The average Bonchev–Trinajstić information content (AvgIpc) is 2.59. The topological polar surface area (TPSA) is 100 Å². The highest BCUT2D eigenvalue weighted by Crippen LogP contribution is 2.12. The molecule has 6 nitrogen and oxygen atoms in total. The van der Waals surface area contributed by atoms with Crippen LogP contribution in [-0.4, -0.2) is 17.8 Å². The maximum absolute atomic E-state index is 12.1. The van der Waals surface area contributed by atoms with Gasteiger partial charge in [0.1, 0.15) is 0 Å². The fourth-order valence-electron chi connectivity index (χ4n) is 1.79. The summed E-state index contributed by atoms with van der Waals surface area (Å²) in [7, 11) is 0. The average molecular weight is 343 g/mol. The first-order valence-corrected chi connectivity index (χ1v) is 7.43. The predicted molar refractivity (Wildman–Crippen MR) is 92.5 cm³/mol. The molecule has 0 aliphatic carbocycles. The molecule has 0 aliphatic rings. The number of nitrogens with two attached hydrogens (primary N) is 1. The van der Waals surface area contributed by atoms with Crippen LogP contribution in [0.5, 0.6) is 0 Å². The number of carbonyl (C=O) groups is 1. The molecule has 0 fully saturated rings. The molecule has 0 aromatic heterocycles. The lowest BCUT2D eigenvalue weighted by atomic mass is 10.2. The summed E-state index contributed by atoms with van der Waals surface area (Å²) >= 11 is 5.88. The highest BCUT2D eigenvalue weighted by molar-refractivity contribution is 6.31. The number of hydrogen-bond acceptors (Lipinski definition) is 4. The molecule has 122 valence electrons. The Morgan fingerprint density at radius 2 is 2.08 bits per heavy atom. The van der Waals surface area contributed by atoms with Crippen molar-refractivity contribution >= 4 is 29.0 Å². The molecule has 0 spiro atoms. The molecule has 3 N–H and O–H groups in total. The van der Waals surface area contributed by atoms with E-state index in [4.69, 9.17) is 27.4 Å². The van der Waals surface area contributed by atoms with Crippen LogP contribution < -0.4 is 11.1 Å². The molecule has 0 heterocycles. The van der Waals surface area contributed by atoms with Crippen molar-refractivity contribution in [1.82, 2.24) is 0 Å². The molecule has 0 bridgehead atoms. The van der Waals surface area contributed by atoms with Crippen LogP contribution >= 0.6 is 11.6 Å². The molecule has 1 amide bonds. The summed E-state index contributed by atoms with van der Waals surface area (Å²) in [6, 6.07) is 15.4. The smallest absolute Gasteiger partial charge is 0.267 e. The number of anilines is 1. The third-order valence-electron chi connectivity index (χ3n) is 3.06. The minimum atomic E-state index is -0.867. The standard InChI is InChI=1S/C17H15ClN4O2/c1-11(17(23)21-15-7-2-4-12(8-15)10-19)24-22-16(20)13-5-3-6-14(18)9-13/h2-9,11H,1H3,(H2,20,22)(H,21,23). The van der Waals surface area contributed by atoms with Crippen molar-refractivity contribution in [2.75, 3.05) is 5.32 Å². The number of carbonyl (C=O) groups excluding carboxylic acids is 1. The maximum Gasteiger partial charge on any atom is 0.267 e. The molecule has 0 saturated carbocycles. The Morgan fingerprint density at radius 1 is 1.33 bits per heavy atom. The van der Waals surface area contributed by atoms with Gasteiger partial charge in [-0.05, 0) is 37.3 Å². The van der Waals surface area contributed by atoms with E-state index in [9.17, 15) is 4.79 Å². The summed E-state index contributed by atoms with van der Waals surface area (Å²) in [5, 5.41) is 15.8. The summed E-state index contributed by atoms with van der Waals surface area (Å²) < 4.78 is 0. The van der Waals surface area contributed by atoms with Crippen molar-refractivity contribution < 1.29 is 9.63 Å². The van der Waals surface area contributed by atoms with Gasteiger partial charge >= 0.3 is 0 Å². The van der Waals surface area contributed by atoms with Crippen LogP contribution in [-0.2, 0) is 9.63 Å². The zero-order chi connectivity index (χ0) is 17.5. The van der Waals surface area contributed by atoms with Gasteiger partial charge in [0, 0.05) is 16.3 Å². The first kappa shape index (κ1) is 17.3. The van der Waals surface area contributed by atoms with Gasteiger partial charge in [-0.3, -0.25) is 4.79 Å². The molecule has 24 heavy (non-hydrogen) atoms. The van der Waals surface area contributed by atoms with Gasteiger partial charge in [-0.1, -0.05) is 35.0 Å². The summed E-state index contributed by atoms with van der Waals surface area (Å²) in [5.41, 5.74) is 7.35. The first-order valence-electron chi connectivity index (χ1n) is 7.06. The Kier molecular flexibility index (Phi) is 5.77. The third-order valence-corrected chi connectivity index (χ3v) is 3.29. The molecule has 0 radical (unpaired) electrons. The Hall–Kier alpha value is -3.04. The highest BCUT2D eigenvalue weighted by Gasteiger charge is 2.15. The lowest BCUT2D eigenvalue weighted by molar-refractivity contribution is -0.126. The van der Waals surface area contributed by atoms with Crippen molar-refractivity contribution in [3.8, 4) is 6.07 Å². The minimum Gasteiger partial charge on any atom is -0.381 e. The largest absolute Gasteiger partial charge is 0.381 e. The van der Waals surface area contributed by atoms with Gasteiger partial charge in [0.15, 0.2) is 5.84 Å². The van der Waals surface area contributed by atoms with Crippen LogP contribution in [0.4, 0.5) is 5.69 Å². The summed E-state index contributed by atoms with van der Waals surface area (Å²) in [6.45, 7) is 1.54. The number of benzene rings is 2. The van der Waals surface area contributed by atoms with Crippen molar-refractivity contribution in [1.29, 1.82) is 5.26 Å². The Bertz CT molecular complexity index is 814. The number of nitriles is 1. The predicted octanol–water partition coefficient (Wildman–Crippen LogP) is 2.88. The van der Waals surface area contributed by atoms with Gasteiger partial charge in [-0.2, -0.15) is 5.26 Å². The van der Waals surface area contributed by atoms with Crippen LogP contribution in [0, 0.1) is 11.3 Å². The fourth-order valence-corrected chi connectivity index (χ4v) is 1.98. The second kappa shape index (κ2) is 7.99. The van der Waals surface area contributed by atoms with E-state index in [1.807, 2.05) is 6.07 Å². The van der Waals surface area contributed by atoms with Crippen molar-refractivity contribution in [2.45, 2.75) is 13.0 Å². The van der Waals surface area contributed by atoms with E-state index in [1.54, 1.807) is 48.5 Å². The van der Waals surface area contributed by atoms with Gasteiger partial charge in [-0.15, -0.1) is 0 Å². The lowest BCUT2D eigenvalue weighted by Gasteiger charge is -2.11. The number of hydrogen-bond donors (Lipinski definition) is 2. The zero-order valence-corrected chi connectivity index (χ0v) is 13.6. The molecule has 0 saturated heterocycles. The molecule has 2 aromatic carbocycles. The van der Waals surface area contributed by atoms with Crippen LogP contribution in [0.1, 0.15) is 18.1 Å². The van der Waals surface area contributed by atoms with Crippen molar-refractivity contribution in [2.24, 2.45) is 10.9 Å². The van der Waals surface area contributed by atoms with E-state index in [0.29, 0.717) is 21.8 Å². The van der Waals surface area contributed by atoms with Crippen LogP contribution in [0.3, 0.4) is 0 Å². The highest BCUT2D eigenvalue weighted by atomic mass is 35.5. The number of oxime groups is 1. The number of rotatable bonds is 5. The Morgan fingerprint density at radius 3 is 2.79 bits per heavy atom. The number of amidine groups is 1. The van der Waals surface area contributed by atoms with E-state index in [1.165, 1.54) is 6.92 Å². The molecule has 0 aliphatic heterocycles. The van der Waals surface area contributed by atoms with E-state index >= 15 is 0 Å². The molecule has 1 atom stereocenters. The molecular formula is C17H15ClN4O2. The van der Waals surface area contributed by atoms with E-state index < -0.39 is 12.0 Å². The van der Waals surface area contributed by atoms with Crippen molar-refractivity contribution in [3.63, 3.8) is 0 Å². The summed E-state index contributed by atoms with van der Waals surface area (Å²) in [5.74, 6) is -0.295. The van der Waals surface area contributed by atoms with E-state index in [-0.39, 0.29) is 5.84 Å². The van der Waals surface area contributed by atoms with Gasteiger partial charge in [0.2, 0.25) is 6.10 Å². The zero-order valence-electron chi connectivity index (χ0n) is 12.9. The lowest BCUT2D eigenvalue weighted by Crippen LogP contribution is -2.27. The minimum absolute atomic E-state index is 0.114. The SMILES string of the molecule is CC(O/N=C(\N)c1cccc(Cl)c1)C(=O)Nc1cccc(C#N)c1. The van der Waals surface area contributed by atoms with Gasteiger partial charge in [0.05, 0.1) is 11.6 Å². The maximum atomic E-state index is 12.1. The number of amides is 1. The Balaban J connectivity index is 1.98. The Labute approximate surface area is 144 Å². The second-order valence-electron chi connectivity index (χ2n) is 4.92. The molecule has 1 unspecified atom stereocenters. The number of nitrogens with one attached hydrogen (secondary N) is 1. The summed E-state index contributed by atoms with van der Waals surface area (Å²) in [6.07, 6.45) is -0.867. The van der Waals surface area contributed by atoms with Gasteiger partial charge in [-0.25, -0.2) is 0 Å². The normalized spacial score (nSPS) is 12.1. The van der Waals surface area contributed by atoms with Crippen LogP contribution in [0.15, 0.2) is 53.7 Å². The number of nitrogens with zero attached hydrogens (tertiary/aromatic N) is 2. The molecular weight excluding hydrogens is 328 g/mol. The molecule has 7 heteroatoms.